The zero-order chi connectivity index (χ0) is 18.0. The molecule has 0 heterocycles. The van der Waals surface area contributed by atoms with Crippen molar-refractivity contribution in [2.75, 3.05) is 6.61 Å². The number of carbonyl (C=O) groups is 1. The van der Waals surface area contributed by atoms with Crippen molar-refractivity contribution in [2.24, 2.45) is 4.40 Å². The fourth-order valence-electron chi connectivity index (χ4n) is 1.12. The first-order valence-electron chi connectivity index (χ1n) is 5.24. The molecule has 0 aliphatic heterocycles. The van der Waals surface area contributed by atoms with Gasteiger partial charge in [-0.15, -0.1) is 0 Å². The highest BCUT2D eigenvalue weighted by atomic mass is 127. The summed E-state index contributed by atoms with van der Waals surface area (Å²) in [5, 5.41) is 11.1. The zero-order valence-corrected chi connectivity index (χ0v) is 17.8. The molecule has 0 radical (unpaired) electrons. The smallest absolute Gasteiger partial charge is 0.518 e. The maximum absolute atomic E-state index is 12.1. The molecule has 0 fully saturated rings. The van der Waals surface area contributed by atoms with E-state index in [0.717, 1.165) is 3.57 Å². The first-order valence-corrected chi connectivity index (χ1v) is 9.91. The molecule has 128 valence electrons. The molecule has 0 bridgehead atoms. The molecule has 0 atom stereocenters. The van der Waals surface area contributed by atoms with Crippen LogP contribution in [0.5, 0.6) is 0 Å². The normalized spacial score (nSPS) is 13.0. The molecule has 0 aliphatic rings. The molecule has 0 N–H and O–H groups in total. The Balaban J connectivity index is 2.89. The number of carbonyl (C=O) groups excluding carboxylic acids is 1. The van der Waals surface area contributed by atoms with Gasteiger partial charge < -0.3 is 9.84 Å². The van der Waals surface area contributed by atoms with Crippen molar-refractivity contribution in [3.63, 3.8) is 0 Å². The second-order valence-electron chi connectivity index (χ2n) is 3.73. The molecular formula is C10H4F3I3NO5S-. The topological polar surface area (TPSA) is 95.9 Å². The molecule has 13 heteroatoms. The third kappa shape index (κ3) is 5.83. The van der Waals surface area contributed by atoms with E-state index in [1.54, 1.807) is 6.07 Å². The van der Waals surface area contributed by atoms with E-state index < -0.39 is 34.0 Å². The van der Waals surface area contributed by atoms with Crippen molar-refractivity contribution in [1.82, 2.24) is 0 Å². The molecule has 1 aromatic carbocycles. The largest absolute Gasteiger partial charge is 0.859 e. The molecule has 23 heavy (non-hydrogen) atoms. The van der Waals surface area contributed by atoms with Crippen LogP contribution in [0.4, 0.5) is 13.2 Å². The highest BCUT2D eigenvalue weighted by Gasteiger charge is 2.45. The van der Waals surface area contributed by atoms with Gasteiger partial charge in [-0.3, -0.25) is 0 Å². The Morgan fingerprint density at radius 2 is 1.83 bits per heavy atom. The van der Waals surface area contributed by atoms with Gasteiger partial charge in [0, 0.05) is 16.6 Å². The zero-order valence-electron chi connectivity index (χ0n) is 10.5. The summed E-state index contributed by atoms with van der Waals surface area (Å²) in [4.78, 5) is 11.8. The fourth-order valence-corrected chi connectivity index (χ4v) is 3.92. The number of hydrogen-bond donors (Lipinski definition) is 0. The minimum absolute atomic E-state index is 0.105. The van der Waals surface area contributed by atoms with Crippen LogP contribution in [0, 0.1) is 10.7 Å². The fraction of sp³-hybridized carbons (Fsp3) is 0.200. The molecule has 1 rings (SSSR count). The lowest BCUT2D eigenvalue weighted by Crippen LogP contribution is -2.30. The standard InChI is InChI=1S/C10H5F3I3NO5S/c11-10(12,13)23(20,21)17-7(18)3-22-9(19)5-1-4(14)2-6(15)8(5)16/h1-2H,3H2,(H,17,18)/p-1. The minimum Gasteiger partial charge on any atom is -0.859 e. The number of hydrogen-bond acceptors (Lipinski definition) is 5. The highest BCUT2D eigenvalue weighted by Crippen LogP contribution is 2.25. The van der Waals surface area contributed by atoms with Crippen LogP contribution >= 0.6 is 67.8 Å². The second kappa shape index (κ2) is 7.98. The Morgan fingerprint density at radius 1 is 1.26 bits per heavy atom. The summed E-state index contributed by atoms with van der Waals surface area (Å²) in [6, 6.07) is 3.23. The third-order valence-corrected chi connectivity index (χ3v) is 6.75. The summed E-state index contributed by atoms with van der Waals surface area (Å²) in [6.45, 7) is -1.22. The highest BCUT2D eigenvalue weighted by molar-refractivity contribution is 14.1. The van der Waals surface area contributed by atoms with E-state index >= 15 is 0 Å². The first-order chi connectivity index (χ1) is 10.3. The van der Waals surface area contributed by atoms with E-state index in [1.165, 1.54) is 6.07 Å². The van der Waals surface area contributed by atoms with Crippen LogP contribution in [0.15, 0.2) is 16.5 Å². The first kappa shape index (κ1) is 21.1. The molecule has 6 nitrogen and oxygen atoms in total. The predicted octanol–water partition coefficient (Wildman–Crippen LogP) is 2.27. The van der Waals surface area contributed by atoms with Gasteiger partial charge in [0.05, 0.1) is 5.56 Å². The van der Waals surface area contributed by atoms with E-state index in [1.807, 2.05) is 72.2 Å². The Bertz CT molecular complexity index is 764. The van der Waals surface area contributed by atoms with Crippen LogP contribution in [-0.4, -0.2) is 32.4 Å². The van der Waals surface area contributed by atoms with E-state index in [2.05, 4.69) is 4.74 Å². The van der Waals surface area contributed by atoms with Gasteiger partial charge in [-0.1, -0.05) is 0 Å². The Kier molecular flexibility index (Phi) is 7.33. The number of ether oxygens (including phenoxy) is 1. The number of esters is 1. The number of halogens is 6. The van der Waals surface area contributed by atoms with Crippen molar-refractivity contribution in [3.8, 4) is 0 Å². The third-order valence-electron chi connectivity index (χ3n) is 2.05. The molecule has 0 saturated carbocycles. The average molecular weight is 688 g/mol. The average Bonchev–Trinajstić information content (AvgIpc) is 2.38. The quantitative estimate of drug-likeness (QED) is 0.159. The van der Waals surface area contributed by atoms with Crippen molar-refractivity contribution in [3.05, 3.63) is 28.4 Å². The summed E-state index contributed by atoms with van der Waals surface area (Å²) in [5.41, 5.74) is -5.58. The summed E-state index contributed by atoms with van der Waals surface area (Å²) >= 11 is 5.77. The van der Waals surface area contributed by atoms with Gasteiger partial charge in [-0.25, -0.2) is 4.79 Å². The lowest BCUT2D eigenvalue weighted by atomic mass is 10.2. The van der Waals surface area contributed by atoms with Crippen LogP contribution in [0.2, 0.25) is 0 Å². The lowest BCUT2D eigenvalue weighted by Gasteiger charge is -2.13. The minimum atomic E-state index is -5.95. The van der Waals surface area contributed by atoms with E-state index in [9.17, 15) is 31.5 Å². The number of nitrogens with zero attached hydrogens (tertiary/aromatic N) is 1. The van der Waals surface area contributed by atoms with Crippen LogP contribution in [0.1, 0.15) is 10.4 Å². The van der Waals surface area contributed by atoms with Crippen LogP contribution < -0.4 is 5.11 Å². The second-order valence-corrected chi connectivity index (χ2v) is 8.81. The summed E-state index contributed by atoms with van der Waals surface area (Å²) < 4.78 is 66.0. The number of alkyl halides is 3. The van der Waals surface area contributed by atoms with Crippen molar-refractivity contribution >= 4 is 89.7 Å². The summed E-state index contributed by atoms with van der Waals surface area (Å²) in [5.74, 6) is -2.70. The SMILES string of the molecule is O=C(OC/C([O-])=N/S(=O)(=O)C(F)(F)F)c1cc(I)cc(I)c1I. The van der Waals surface area contributed by atoms with Gasteiger partial charge in [-0.2, -0.15) is 26.0 Å². The van der Waals surface area contributed by atoms with E-state index in [0.29, 0.717) is 7.14 Å². The molecule has 0 aliphatic carbocycles. The Labute approximate surface area is 169 Å². The van der Waals surface area contributed by atoms with E-state index in [-0.39, 0.29) is 5.56 Å². The maximum atomic E-state index is 12.1. The van der Waals surface area contributed by atoms with Gasteiger partial charge in [0.1, 0.15) is 6.61 Å². The van der Waals surface area contributed by atoms with Gasteiger partial charge in [0.25, 0.3) is 0 Å². The Morgan fingerprint density at radius 3 is 2.35 bits per heavy atom. The molecule has 0 spiro atoms. The Hall–Kier alpha value is 0.0900. The van der Waals surface area contributed by atoms with Crippen LogP contribution in [0.25, 0.3) is 0 Å². The van der Waals surface area contributed by atoms with Gasteiger partial charge in [0.2, 0.25) is 0 Å². The number of rotatable bonds is 4. The molecule has 0 aromatic heterocycles. The summed E-state index contributed by atoms with van der Waals surface area (Å²) in [7, 11) is -5.95. The van der Waals surface area contributed by atoms with Gasteiger partial charge >= 0.3 is 21.5 Å². The molecule has 0 unspecified atom stereocenters. The van der Waals surface area contributed by atoms with Crippen LogP contribution in [0.3, 0.4) is 0 Å². The molecule has 0 amide bonds. The lowest BCUT2D eigenvalue weighted by molar-refractivity contribution is -0.221. The number of sulfonamides is 1. The molecular weight excluding hydrogens is 684 g/mol. The van der Waals surface area contributed by atoms with Crippen molar-refractivity contribution in [2.45, 2.75) is 5.51 Å². The molecule has 1 aromatic rings. The van der Waals surface area contributed by atoms with Crippen LogP contribution in [-0.2, 0) is 14.8 Å². The predicted molar refractivity (Wildman–Crippen MR) is 97.3 cm³/mol. The maximum Gasteiger partial charge on any atom is 0.518 e. The monoisotopic (exact) mass is 688 g/mol. The number of benzene rings is 1. The van der Waals surface area contributed by atoms with Crippen molar-refractivity contribution in [1.29, 1.82) is 0 Å². The molecule has 0 saturated heterocycles. The van der Waals surface area contributed by atoms with Crippen molar-refractivity contribution < 1.29 is 36.2 Å². The van der Waals surface area contributed by atoms with Gasteiger partial charge in [-0.05, 0) is 79.9 Å². The van der Waals surface area contributed by atoms with E-state index in [4.69, 9.17) is 0 Å². The summed E-state index contributed by atoms with van der Waals surface area (Å²) in [6.07, 6.45) is 0. The van der Waals surface area contributed by atoms with Gasteiger partial charge in [0.15, 0.2) is 0 Å².